The molecule has 0 bridgehead atoms. The summed E-state index contributed by atoms with van der Waals surface area (Å²) in [5.41, 5.74) is 1.17. The smallest absolute Gasteiger partial charge is 0.221 e. The quantitative estimate of drug-likeness (QED) is 0.734. The highest BCUT2D eigenvalue weighted by atomic mass is 35.5. The second-order valence-electron chi connectivity index (χ2n) is 3.90. The van der Waals surface area contributed by atoms with Crippen LogP contribution in [0.1, 0.15) is 25.3 Å². The predicted molar refractivity (Wildman–Crippen MR) is 71.1 cm³/mol. The average molecular weight is 255 g/mol. The van der Waals surface area contributed by atoms with E-state index in [1.807, 2.05) is 31.2 Å². The number of nitrogens with one attached hydrogen (secondary N) is 2. The van der Waals surface area contributed by atoms with Crippen molar-refractivity contribution in [3.8, 4) is 0 Å². The van der Waals surface area contributed by atoms with E-state index in [4.69, 9.17) is 11.6 Å². The third-order valence-electron chi connectivity index (χ3n) is 2.34. The minimum Gasteiger partial charge on any atom is -0.356 e. The molecule has 0 aliphatic carbocycles. The number of carbonyl (C=O) groups is 1. The molecule has 1 aromatic rings. The molecular formula is C13H19ClN2O. The van der Waals surface area contributed by atoms with Crippen LogP contribution in [-0.2, 0) is 11.3 Å². The number of benzene rings is 1. The van der Waals surface area contributed by atoms with E-state index in [0.717, 1.165) is 24.5 Å². The Morgan fingerprint density at radius 3 is 2.59 bits per heavy atom. The van der Waals surface area contributed by atoms with Gasteiger partial charge >= 0.3 is 0 Å². The van der Waals surface area contributed by atoms with Crippen molar-refractivity contribution in [2.45, 2.75) is 26.3 Å². The van der Waals surface area contributed by atoms with Gasteiger partial charge in [-0.05, 0) is 24.1 Å². The molecule has 0 aliphatic rings. The van der Waals surface area contributed by atoms with E-state index in [0.29, 0.717) is 13.0 Å². The molecule has 1 aromatic carbocycles. The minimum atomic E-state index is 0.107. The van der Waals surface area contributed by atoms with Crippen LogP contribution in [0.15, 0.2) is 24.3 Å². The average Bonchev–Trinajstić information content (AvgIpc) is 2.34. The summed E-state index contributed by atoms with van der Waals surface area (Å²) in [7, 11) is 0. The number of halogens is 1. The summed E-state index contributed by atoms with van der Waals surface area (Å²) in [5.74, 6) is 0.107. The fourth-order valence-electron chi connectivity index (χ4n) is 1.39. The molecule has 0 atom stereocenters. The van der Waals surface area contributed by atoms with Crippen molar-refractivity contribution in [3.05, 3.63) is 34.9 Å². The van der Waals surface area contributed by atoms with Crippen LogP contribution in [0.25, 0.3) is 0 Å². The standard InChI is InChI=1S/C13H19ClN2O/c1-2-8-16-13(17)7-9-15-10-11-3-5-12(14)6-4-11/h3-6,15H,2,7-10H2,1H3,(H,16,17). The molecule has 0 aliphatic heterocycles. The highest BCUT2D eigenvalue weighted by Crippen LogP contribution is 2.08. The van der Waals surface area contributed by atoms with Crippen LogP contribution in [0.3, 0.4) is 0 Å². The van der Waals surface area contributed by atoms with Gasteiger partial charge in [-0.2, -0.15) is 0 Å². The number of hydrogen-bond acceptors (Lipinski definition) is 2. The topological polar surface area (TPSA) is 41.1 Å². The number of amides is 1. The van der Waals surface area contributed by atoms with Gasteiger partial charge in [-0.25, -0.2) is 0 Å². The first-order chi connectivity index (χ1) is 8.22. The number of hydrogen-bond donors (Lipinski definition) is 2. The van der Waals surface area contributed by atoms with Crippen LogP contribution in [0.4, 0.5) is 0 Å². The summed E-state index contributed by atoms with van der Waals surface area (Å²) in [4.78, 5) is 11.3. The summed E-state index contributed by atoms with van der Waals surface area (Å²) in [6.07, 6.45) is 1.50. The van der Waals surface area contributed by atoms with Crippen LogP contribution >= 0.6 is 11.6 Å². The van der Waals surface area contributed by atoms with E-state index >= 15 is 0 Å². The molecule has 1 amide bonds. The molecule has 0 spiro atoms. The highest BCUT2D eigenvalue weighted by molar-refractivity contribution is 6.30. The van der Waals surface area contributed by atoms with Crippen LogP contribution in [-0.4, -0.2) is 19.0 Å². The molecule has 17 heavy (non-hydrogen) atoms. The molecule has 2 N–H and O–H groups in total. The number of rotatable bonds is 7. The Kier molecular flexibility index (Phi) is 6.67. The largest absolute Gasteiger partial charge is 0.356 e. The van der Waals surface area contributed by atoms with Crippen molar-refractivity contribution in [3.63, 3.8) is 0 Å². The molecule has 3 nitrogen and oxygen atoms in total. The van der Waals surface area contributed by atoms with Crippen LogP contribution in [0.5, 0.6) is 0 Å². The fraction of sp³-hybridized carbons (Fsp3) is 0.462. The molecule has 0 aromatic heterocycles. The first-order valence-corrected chi connectivity index (χ1v) is 6.32. The third kappa shape index (κ3) is 6.29. The predicted octanol–water partition coefficient (Wildman–Crippen LogP) is 2.35. The molecular weight excluding hydrogens is 236 g/mol. The molecule has 0 radical (unpaired) electrons. The maximum absolute atomic E-state index is 11.3. The monoisotopic (exact) mass is 254 g/mol. The first-order valence-electron chi connectivity index (χ1n) is 5.94. The molecule has 0 fully saturated rings. The van der Waals surface area contributed by atoms with Gasteiger partial charge in [-0.1, -0.05) is 30.7 Å². The van der Waals surface area contributed by atoms with Crippen molar-refractivity contribution in [2.24, 2.45) is 0 Å². The van der Waals surface area contributed by atoms with Crippen molar-refractivity contribution >= 4 is 17.5 Å². The Morgan fingerprint density at radius 1 is 1.24 bits per heavy atom. The van der Waals surface area contributed by atoms with Gasteiger partial charge in [0.25, 0.3) is 0 Å². The molecule has 1 rings (SSSR count). The maximum atomic E-state index is 11.3. The molecule has 4 heteroatoms. The van der Waals surface area contributed by atoms with Crippen molar-refractivity contribution in [2.75, 3.05) is 13.1 Å². The number of carbonyl (C=O) groups excluding carboxylic acids is 1. The van der Waals surface area contributed by atoms with Gasteiger partial charge in [0.05, 0.1) is 0 Å². The Balaban J connectivity index is 2.11. The second-order valence-corrected chi connectivity index (χ2v) is 4.34. The van der Waals surface area contributed by atoms with E-state index in [-0.39, 0.29) is 5.91 Å². The summed E-state index contributed by atoms with van der Waals surface area (Å²) in [6, 6.07) is 7.69. The van der Waals surface area contributed by atoms with E-state index < -0.39 is 0 Å². The Morgan fingerprint density at radius 2 is 1.94 bits per heavy atom. The highest BCUT2D eigenvalue weighted by Gasteiger charge is 1.99. The zero-order chi connectivity index (χ0) is 12.5. The van der Waals surface area contributed by atoms with Gasteiger partial charge in [-0.3, -0.25) is 4.79 Å². The van der Waals surface area contributed by atoms with Gasteiger partial charge in [0, 0.05) is 31.1 Å². The lowest BCUT2D eigenvalue weighted by Gasteiger charge is -2.05. The van der Waals surface area contributed by atoms with Crippen LogP contribution in [0, 0.1) is 0 Å². The maximum Gasteiger partial charge on any atom is 0.221 e. The molecule has 0 saturated carbocycles. The first kappa shape index (κ1) is 14.0. The van der Waals surface area contributed by atoms with Crippen LogP contribution < -0.4 is 10.6 Å². The summed E-state index contributed by atoms with van der Waals surface area (Å²) < 4.78 is 0. The molecule has 0 saturated heterocycles. The molecule has 94 valence electrons. The fourth-order valence-corrected chi connectivity index (χ4v) is 1.52. The SMILES string of the molecule is CCCNC(=O)CCNCc1ccc(Cl)cc1. The molecule has 0 unspecified atom stereocenters. The summed E-state index contributed by atoms with van der Waals surface area (Å²) >= 11 is 5.79. The van der Waals surface area contributed by atoms with Gasteiger partial charge < -0.3 is 10.6 Å². The van der Waals surface area contributed by atoms with Crippen LogP contribution in [0.2, 0.25) is 5.02 Å². The van der Waals surface area contributed by atoms with Gasteiger partial charge in [-0.15, -0.1) is 0 Å². The van der Waals surface area contributed by atoms with Gasteiger partial charge in [0.2, 0.25) is 5.91 Å². The Bertz CT molecular complexity index is 338. The Hall–Kier alpha value is -1.06. The van der Waals surface area contributed by atoms with Crippen molar-refractivity contribution < 1.29 is 4.79 Å². The molecule has 0 heterocycles. The lowest BCUT2D eigenvalue weighted by molar-refractivity contribution is -0.120. The van der Waals surface area contributed by atoms with E-state index in [2.05, 4.69) is 10.6 Å². The van der Waals surface area contributed by atoms with Gasteiger partial charge in [0.1, 0.15) is 0 Å². The van der Waals surface area contributed by atoms with Gasteiger partial charge in [0.15, 0.2) is 0 Å². The zero-order valence-electron chi connectivity index (χ0n) is 10.1. The van der Waals surface area contributed by atoms with E-state index in [1.165, 1.54) is 5.56 Å². The van der Waals surface area contributed by atoms with Crippen molar-refractivity contribution in [1.29, 1.82) is 0 Å². The summed E-state index contributed by atoms with van der Waals surface area (Å²) in [5, 5.41) is 6.81. The zero-order valence-corrected chi connectivity index (χ0v) is 10.9. The van der Waals surface area contributed by atoms with Crippen molar-refractivity contribution in [1.82, 2.24) is 10.6 Å². The summed E-state index contributed by atoms with van der Waals surface area (Å²) in [6.45, 7) is 4.26. The minimum absolute atomic E-state index is 0.107. The van der Waals surface area contributed by atoms with E-state index in [9.17, 15) is 4.79 Å². The van der Waals surface area contributed by atoms with E-state index in [1.54, 1.807) is 0 Å². The third-order valence-corrected chi connectivity index (χ3v) is 2.60. The lowest BCUT2D eigenvalue weighted by Crippen LogP contribution is -2.27. The lowest BCUT2D eigenvalue weighted by atomic mass is 10.2. The second kappa shape index (κ2) is 8.09. The normalized spacial score (nSPS) is 10.2. The Labute approximate surface area is 108 Å².